The van der Waals surface area contributed by atoms with Crippen molar-refractivity contribution < 1.29 is 8.83 Å². The summed E-state index contributed by atoms with van der Waals surface area (Å²) in [6, 6.07) is 66.8. The third kappa shape index (κ3) is 4.82. The van der Waals surface area contributed by atoms with Crippen molar-refractivity contribution in [3.05, 3.63) is 188 Å². The summed E-state index contributed by atoms with van der Waals surface area (Å²) in [5.41, 5.74) is 11.5. The maximum absolute atomic E-state index is 6.52. The lowest BCUT2D eigenvalue weighted by atomic mass is 9.98. The molecule has 0 unspecified atom stereocenters. The summed E-state index contributed by atoms with van der Waals surface area (Å²) in [7, 11) is 0. The monoisotopic (exact) mass is 677 g/mol. The van der Waals surface area contributed by atoms with Crippen LogP contribution in [0.15, 0.2) is 197 Å². The SMILES string of the molecule is c1ccc(-c2ccc(N(c3ccc(-c4ccc5c(ccc6oc7ccccc7c65)c4)cc3)c3ccc4c(c3)oc3ccc5ccccc5c34)cc2)cc1. The van der Waals surface area contributed by atoms with Gasteiger partial charge in [-0.05, 0) is 104 Å². The average molecular weight is 678 g/mol. The number of nitrogens with zero attached hydrogens (tertiary/aromatic N) is 1. The summed E-state index contributed by atoms with van der Waals surface area (Å²) in [6.45, 7) is 0. The van der Waals surface area contributed by atoms with Gasteiger partial charge in [0.1, 0.15) is 22.3 Å². The van der Waals surface area contributed by atoms with Gasteiger partial charge in [-0.25, -0.2) is 0 Å². The van der Waals surface area contributed by atoms with Crippen LogP contribution in [0, 0.1) is 0 Å². The van der Waals surface area contributed by atoms with Crippen molar-refractivity contribution in [1.82, 2.24) is 0 Å². The first-order chi connectivity index (χ1) is 26.2. The molecular formula is C50H31NO2. The second-order valence-corrected chi connectivity index (χ2v) is 13.7. The Labute approximate surface area is 305 Å². The first kappa shape index (κ1) is 29.6. The highest BCUT2D eigenvalue weighted by atomic mass is 16.3. The summed E-state index contributed by atoms with van der Waals surface area (Å²) in [5.74, 6) is 0. The number of hydrogen-bond acceptors (Lipinski definition) is 3. The Balaban J connectivity index is 1.01. The summed E-state index contributed by atoms with van der Waals surface area (Å²) in [5, 5.41) is 9.40. The van der Waals surface area contributed by atoms with E-state index in [4.69, 9.17) is 8.83 Å². The average Bonchev–Trinajstić information content (AvgIpc) is 3.80. The Morgan fingerprint density at radius 3 is 1.55 bits per heavy atom. The standard InChI is InChI=1S/C50H31NO2/c1-2-8-32(9-3-1)33-14-21-38(22-15-33)51(40-25-27-44-48(31-40)53-47-28-19-35-10-4-5-11-41(35)49(44)47)39-23-16-34(17-24-39)36-18-26-42-37(30-36)20-29-46-50(42)43-12-6-7-13-45(43)52-46/h1-31H. The van der Waals surface area contributed by atoms with Gasteiger partial charge in [-0.15, -0.1) is 0 Å². The third-order valence-electron chi connectivity index (χ3n) is 10.7. The lowest BCUT2D eigenvalue weighted by molar-refractivity contribution is 0.669. The quantitative estimate of drug-likeness (QED) is 0.182. The van der Waals surface area contributed by atoms with Crippen molar-refractivity contribution in [2.24, 2.45) is 0 Å². The topological polar surface area (TPSA) is 29.5 Å². The predicted octanol–water partition coefficient (Wildman–Crippen LogP) is 14.6. The molecule has 0 aliphatic carbocycles. The van der Waals surface area contributed by atoms with Gasteiger partial charge < -0.3 is 13.7 Å². The van der Waals surface area contributed by atoms with E-state index < -0.39 is 0 Å². The zero-order valence-electron chi connectivity index (χ0n) is 28.7. The van der Waals surface area contributed by atoms with Gasteiger partial charge in [0.05, 0.1) is 0 Å². The van der Waals surface area contributed by atoms with Crippen LogP contribution in [0.3, 0.4) is 0 Å². The van der Waals surface area contributed by atoms with E-state index in [9.17, 15) is 0 Å². The maximum Gasteiger partial charge on any atom is 0.137 e. The molecule has 2 aromatic heterocycles. The van der Waals surface area contributed by atoms with E-state index in [1.54, 1.807) is 0 Å². The van der Waals surface area contributed by atoms with E-state index in [2.05, 4.69) is 181 Å². The van der Waals surface area contributed by atoms with Gasteiger partial charge in [-0.2, -0.15) is 0 Å². The molecule has 0 amide bonds. The molecular weight excluding hydrogens is 647 g/mol. The van der Waals surface area contributed by atoms with Crippen LogP contribution in [0.1, 0.15) is 0 Å². The highest BCUT2D eigenvalue weighted by Gasteiger charge is 2.18. The smallest absolute Gasteiger partial charge is 0.137 e. The van der Waals surface area contributed by atoms with Crippen molar-refractivity contribution in [2.45, 2.75) is 0 Å². The van der Waals surface area contributed by atoms with Gasteiger partial charge >= 0.3 is 0 Å². The fraction of sp³-hybridized carbons (Fsp3) is 0. The molecule has 11 aromatic rings. The molecule has 11 rings (SSSR count). The van der Waals surface area contributed by atoms with Gasteiger partial charge in [-0.3, -0.25) is 0 Å². The van der Waals surface area contributed by atoms with Crippen molar-refractivity contribution in [1.29, 1.82) is 0 Å². The van der Waals surface area contributed by atoms with E-state index in [-0.39, 0.29) is 0 Å². The molecule has 0 saturated carbocycles. The van der Waals surface area contributed by atoms with E-state index in [0.29, 0.717) is 0 Å². The first-order valence-corrected chi connectivity index (χ1v) is 18.0. The first-order valence-electron chi connectivity index (χ1n) is 18.0. The van der Waals surface area contributed by atoms with Crippen LogP contribution < -0.4 is 4.90 Å². The van der Waals surface area contributed by atoms with Crippen LogP contribution in [0.2, 0.25) is 0 Å². The summed E-state index contributed by atoms with van der Waals surface area (Å²) < 4.78 is 12.7. The second kappa shape index (κ2) is 11.7. The molecule has 3 heteroatoms. The van der Waals surface area contributed by atoms with E-state index >= 15 is 0 Å². The van der Waals surface area contributed by atoms with Gasteiger partial charge in [0.25, 0.3) is 0 Å². The number of fused-ring (bicyclic) bond motifs is 10. The van der Waals surface area contributed by atoms with E-state index in [1.165, 1.54) is 43.6 Å². The molecule has 0 aliphatic heterocycles. The Bertz CT molecular complexity index is 3150. The number of hydrogen-bond donors (Lipinski definition) is 0. The highest BCUT2D eigenvalue weighted by molar-refractivity contribution is 6.20. The zero-order valence-corrected chi connectivity index (χ0v) is 28.7. The molecule has 0 aliphatic rings. The fourth-order valence-electron chi connectivity index (χ4n) is 8.09. The van der Waals surface area contributed by atoms with Gasteiger partial charge in [-0.1, -0.05) is 121 Å². The summed E-state index contributed by atoms with van der Waals surface area (Å²) in [4.78, 5) is 2.31. The Hall–Kier alpha value is -7.10. The molecule has 0 fully saturated rings. The van der Waals surface area contributed by atoms with Gasteiger partial charge in [0.15, 0.2) is 0 Å². The molecule has 0 spiro atoms. The Morgan fingerprint density at radius 2 is 0.792 bits per heavy atom. The van der Waals surface area contributed by atoms with Crippen LogP contribution in [-0.4, -0.2) is 0 Å². The Morgan fingerprint density at radius 1 is 0.283 bits per heavy atom. The highest BCUT2D eigenvalue weighted by Crippen LogP contribution is 2.42. The minimum absolute atomic E-state index is 0.868. The molecule has 9 aromatic carbocycles. The van der Waals surface area contributed by atoms with Crippen molar-refractivity contribution in [3.8, 4) is 22.3 Å². The minimum Gasteiger partial charge on any atom is -0.456 e. The summed E-state index contributed by atoms with van der Waals surface area (Å²) in [6.07, 6.45) is 0. The normalized spacial score (nSPS) is 11.8. The molecule has 0 bridgehead atoms. The molecule has 0 atom stereocenters. The van der Waals surface area contributed by atoms with Crippen LogP contribution >= 0.6 is 0 Å². The molecule has 0 radical (unpaired) electrons. The minimum atomic E-state index is 0.868. The largest absolute Gasteiger partial charge is 0.456 e. The fourth-order valence-corrected chi connectivity index (χ4v) is 8.09. The molecule has 248 valence electrons. The van der Waals surface area contributed by atoms with Gasteiger partial charge in [0, 0.05) is 44.7 Å². The lowest BCUT2D eigenvalue weighted by Gasteiger charge is -2.26. The number of benzene rings is 9. The molecule has 0 saturated heterocycles. The van der Waals surface area contributed by atoms with Gasteiger partial charge in [0.2, 0.25) is 0 Å². The van der Waals surface area contributed by atoms with Crippen molar-refractivity contribution >= 4 is 82.5 Å². The van der Waals surface area contributed by atoms with Crippen LogP contribution in [-0.2, 0) is 0 Å². The molecule has 0 N–H and O–H groups in total. The zero-order chi connectivity index (χ0) is 34.9. The second-order valence-electron chi connectivity index (χ2n) is 13.7. The molecule has 53 heavy (non-hydrogen) atoms. The lowest BCUT2D eigenvalue weighted by Crippen LogP contribution is -2.09. The third-order valence-corrected chi connectivity index (χ3v) is 10.7. The van der Waals surface area contributed by atoms with E-state index in [1.807, 2.05) is 12.1 Å². The van der Waals surface area contributed by atoms with Crippen LogP contribution in [0.5, 0.6) is 0 Å². The maximum atomic E-state index is 6.52. The molecule has 3 nitrogen and oxygen atoms in total. The van der Waals surface area contributed by atoms with Crippen molar-refractivity contribution in [3.63, 3.8) is 0 Å². The van der Waals surface area contributed by atoms with E-state index in [0.717, 1.165) is 61.1 Å². The summed E-state index contributed by atoms with van der Waals surface area (Å²) >= 11 is 0. The van der Waals surface area contributed by atoms with Crippen molar-refractivity contribution in [2.75, 3.05) is 4.90 Å². The predicted molar refractivity (Wildman–Crippen MR) is 222 cm³/mol. The van der Waals surface area contributed by atoms with Crippen LogP contribution in [0.4, 0.5) is 17.1 Å². The number of rotatable bonds is 5. The Kier molecular flexibility index (Phi) is 6.55. The number of furan rings is 2. The number of para-hydroxylation sites is 1. The van der Waals surface area contributed by atoms with Crippen LogP contribution in [0.25, 0.3) is 87.7 Å². The molecule has 2 heterocycles. The number of anilines is 3.